The second kappa shape index (κ2) is 6.63. The van der Waals surface area contributed by atoms with Crippen molar-refractivity contribution >= 4 is 17.5 Å². The Morgan fingerprint density at radius 3 is 3.12 bits per heavy atom. The third-order valence-corrected chi connectivity index (χ3v) is 4.73. The van der Waals surface area contributed by atoms with Crippen LogP contribution in [0.5, 0.6) is 5.75 Å². The monoisotopic (exact) mass is 340 g/mol. The molecule has 1 atom stereocenters. The minimum absolute atomic E-state index is 0.00246. The van der Waals surface area contributed by atoms with E-state index in [9.17, 15) is 9.59 Å². The Bertz CT molecular complexity index is 812. The van der Waals surface area contributed by atoms with Crippen molar-refractivity contribution in [3.8, 4) is 5.75 Å². The highest BCUT2D eigenvalue weighted by atomic mass is 16.5. The Kier molecular flexibility index (Phi) is 4.17. The van der Waals surface area contributed by atoms with Crippen LogP contribution in [0.15, 0.2) is 34.9 Å². The molecule has 0 bridgehead atoms. The van der Waals surface area contributed by atoms with Gasteiger partial charge in [-0.25, -0.2) is 0 Å². The number of ether oxygens (including phenoxy) is 1. The topological polar surface area (TPSA) is 80.6 Å². The van der Waals surface area contributed by atoms with Crippen LogP contribution in [0.1, 0.15) is 42.2 Å². The highest BCUT2D eigenvalue weighted by Gasteiger charge is 2.24. The van der Waals surface area contributed by atoms with Crippen molar-refractivity contribution in [2.24, 2.45) is 0 Å². The van der Waals surface area contributed by atoms with Gasteiger partial charge in [-0.15, -0.1) is 0 Å². The smallest absolute Gasteiger partial charge is 0.258 e. The summed E-state index contributed by atoms with van der Waals surface area (Å²) < 4.78 is 11.1. The Balaban J connectivity index is 1.35. The van der Waals surface area contributed by atoms with Gasteiger partial charge in [0.25, 0.3) is 5.91 Å². The van der Waals surface area contributed by atoms with Crippen molar-refractivity contribution in [3.63, 3.8) is 0 Å². The van der Waals surface area contributed by atoms with Crippen LogP contribution in [-0.2, 0) is 22.4 Å². The lowest BCUT2D eigenvalue weighted by molar-refractivity contribution is -0.124. The maximum absolute atomic E-state index is 12.2. The Labute approximate surface area is 145 Å². The van der Waals surface area contributed by atoms with Gasteiger partial charge in [-0.3, -0.25) is 9.59 Å². The fourth-order valence-electron chi connectivity index (χ4n) is 3.47. The quantitative estimate of drug-likeness (QED) is 0.897. The lowest BCUT2D eigenvalue weighted by Gasteiger charge is -2.23. The maximum atomic E-state index is 12.2. The van der Waals surface area contributed by atoms with E-state index >= 15 is 0 Å². The number of hydrogen-bond donors (Lipinski definition) is 2. The normalized spacial score (nSPS) is 18.7. The van der Waals surface area contributed by atoms with E-state index in [0.717, 1.165) is 41.8 Å². The summed E-state index contributed by atoms with van der Waals surface area (Å²) in [5.41, 5.74) is 2.93. The first-order valence-electron chi connectivity index (χ1n) is 8.60. The van der Waals surface area contributed by atoms with Gasteiger partial charge in [-0.2, -0.15) is 0 Å². The summed E-state index contributed by atoms with van der Waals surface area (Å²) in [7, 11) is 0. The summed E-state index contributed by atoms with van der Waals surface area (Å²) in [5.74, 6) is 1.49. The van der Waals surface area contributed by atoms with Crippen LogP contribution in [0, 0.1) is 0 Å². The largest absolute Gasteiger partial charge is 0.484 e. The molecule has 0 radical (unpaired) electrons. The first-order valence-corrected chi connectivity index (χ1v) is 8.60. The zero-order valence-electron chi connectivity index (χ0n) is 13.8. The Morgan fingerprint density at radius 2 is 2.20 bits per heavy atom. The Hall–Kier alpha value is -2.76. The number of carbonyl (C=O) groups is 2. The van der Waals surface area contributed by atoms with Crippen molar-refractivity contribution in [1.29, 1.82) is 0 Å². The van der Waals surface area contributed by atoms with Crippen LogP contribution >= 0.6 is 0 Å². The van der Waals surface area contributed by atoms with E-state index in [1.165, 1.54) is 0 Å². The molecule has 25 heavy (non-hydrogen) atoms. The van der Waals surface area contributed by atoms with Crippen molar-refractivity contribution in [1.82, 2.24) is 5.32 Å². The van der Waals surface area contributed by atoms with Gasteiger partial charge in [0.15, 0.2) is 6.61 Å². The van der Waals surface area contributed by atoms with Crippen LogP contribution < -0.4 is 15.4 Å². The molecular weight excluding hydrogens is 320 g/mol. The van der Waals surface area contributed by atoms with Crippen molar-refractivity contribution < 1.29 is 18.7 Å². The standard InChI is InChI=1S/C19H20N2O4/c22-18-7-4-12-10-13(5-6-15(12)20-18)25-11-19(23)21-16-2-1-3-17-14(16)8-9-24-17/h5-6,8-10,16H,1-4,7,11H2,(H,20,22)(H,21,23)/t16-/m1/s1. The van der Waals surface area contributed by atoms with Gasteiger partial charge in [0.05, 0.1) is 12.3 Å². The van der Waals surface area contributed by atoms with E-state index in [4.69, 9.17) is 9.15 Å². The molecule has 2 aliphatic rings. The molecule has 2 amide bonds. The molecule has 1 aromatic heterocycles. The number of furan rings is 1. The number of nitrogens with one attached hydrogen (secondary N) is 2. The number of benzene rings is 1. The average Bonchev–Trinajstić information content (AvgIpc) is 3.10. The predicted octanol–water partition coefficient (Wildman–Crippen LogP) is 2.74. The minimum Gasteiger partial charge on any atom is -0.484 e. The molecule has 2 N–H and O–H groups in total. The molecule has 1 aliphatic heterocycles. The molecule has 130 valence electrons. The summed E-state index contributed by atoms with van der Waals surface area (Å²) in [5, 5.41) is 5.85. The van der Waals surface area contributed by atoms with E-state index in [0.29, 0.717) is 18.6 Å². The summed E-state index contributed by atoms with van der Waals surface area (Å²) in [6, 6.07) is 7.40. The van der Waals surface area contributed by atoms with Gasteiger partial charge >= 0.3 is 0 Å². The molecule has 1 aliphatic carbocycles. The van der Waals surface area contributed by atoms with Gasteiger partial charge in [0, 0.05) is 24.1 Å². The molecule has 0 spiro atoms. The Morgan fingerprint density at radius 1 is 1.28 bits per heavy atom. The van der Waals surface area contributed by atoms with E-state index in [2.05, 4.69) is 10.6 Å². The molecule has 0 saturated heterocycles. The number of aryl methyl sites for hydroxylation is 2. The fourth-order valence-corrected chi connectivity index (χ4v) is 3.47. The first kappa shape index (κ1) is 15.7. The molecule has 4 rings (SSSR count). The van der Waals surface area contributed by atoms with Gasteiger partial charge in [0.2, 0.25) is 5.91 Å². The number of hydrogen-bond acceptors (Lipinski definition) is 4. The average molecular weight is 340 g/mol. The van der Waals surface area contributed by atoms with Crippen LogP contribution in [0.2, 0.25) is 0 Å². The number of carbonyl (C=O) groups excluding carboxylic acids is 2. The van der Waals surface area contributed by atoms with Crippen LogP contribution in [-0.4, -0.2) is 18.4 Å². The molecule has 6 nitrogen and oxygen atoms in total. The third-order valence-electron chi connectivity index (χ3n) is 4.73. The summed E-state index contributed by atoms with van der Waals surface area (Å²) in [6.07, 6.45) is 5.69. The molecule has 1 aromatic carbocycles. The highest BCUT2D eigenvalue weighted by Crippen LogP contribution is 2.30. The highest BCUT2D eigenvalue weighted by molar-refractivity contribution is 5.94. The second-order valence-electron chi connectivity index (χ2n) is 6.47. The number of amides is 2. The molecule has 0 saturated carbocycles. The predicted molar refractivity (Wildman–Crippen MR) is 91.4 cm³/mol. The van der Waals surface area contributed by atoms with E-state index in [1.54, 1.807) is 12.3 Å². The maximum Gasteiger partial charge on any atom is 0.258 e. The zero-order chi connectivity index (χ0) is 17.2. The third kappa shape index (κ3) is 3.38. The fraction of sp³-hybridized carbons (Fsp3) is 0.368. The molecule has 2 aromatic rings. The SMILES string of the molecule is O=C1CCc2cc(OCC(=O)N[C@@H]3CCCc4occc43)ccc2N1. The van der Waals surface area contributed by atoms with Crippen LogP contribution in [0.3, 0.4) is 0 Å². The van der Waals surface area contributed by atoms with Gasteiger partial charge in [0.1, 0.15) is 11.5 Å². The van der Waals surface area contributed by atoms with E-state index in [-0.39, 0.29) is 24.5 Å². The van der Waals surface area contributed by atoms with E-state index in [1.807, 2.05) is 18.2 Å². The summed E-state index contributed by atoms with van der Waals surface area (Å²) in [4.78, 5) is 23.6. The van der Waals surface area contributed by atoms with Crippen molar-refractivity contribution in [2.45, 2.75) is 38.1 Å². The van der Waals surface area contributed by atoms with E-state index < -0.39 is 0 Å². The number of rotatable bonds is 4. The first-order chi connectivity index (χ1) is 12.2. The van der Waals surface area contributed by atoms with Crippen molar-refractivity contribution in [2.75, 3.05) is 11.9 Å². The molecule has 6 heteroatoms. The molecular formula is C19H20N2O4. The van der Waals surface area contributed by atoms with Crippen LogP contribution in [0.25, 0.3) is 0 Å². The van der Waals surface area contributed by atoms with Gasteiger partial charge in [-0.05, 0) is 49.1 Å². The summed E-state index contributed by atoms with van der Waals surface area (Å²) >= 11 is 0. The van der Waals surface area contributed by atoms with Gasteiger partial charge < -0.3 is 19.8 Å². The molecule has 0 unspecified atom stereocenters. The number of fused-ring (bicyclic) bond motifs is 2. The minimum atomic E-state index is -0.148. The zero-order valence-corrected chi connectivity index (χ0v) is 13.8. The summed E-state index contributed by atoms with van der Waals surface area (Å²) in [6.45, 7) is -0.0329. The van der Waals surface area contributed by atoms with Gasteiger partial charge in [-0.1, -0.05) is 0 Å². The molecule has 2 heterocycles. The van der Waals surface area contributed by atoms with Crippen LogP contribution in [0.4, 0.5) is 5.69 Å². The second-order valence-corrected chi connectivity index (χ2v) is 6.47. The molecule has 0 fully saturated rings. The number of anilines is 1. The lowest BCUT2D eigenvalue weighted by atomic mass is 9.93. The lowest BCUT2D eigenvalue weighted by Crippen LogP contribution is -2.34. The van der Waals surface area contributed by atoms with Crippen molar-refractivity contribution in [3.05, 3.63) is 47.4 Å².